The highest BCUT2D eigenvalue weighted by molar-refractivity contribution is 5.94. The van der Waals surface area contributed by atoms with Crippen molar-refractivity contribution in [3.63, 3.8) is 0 Å². The van der Waals surface area contributed by atoms with Crippen LogP contribution in [-0.4, -0.2) is 86.7 Å². The molecule has 0 radical (unpaired) electrons. The summed E-state index contributed by atoms with van der Waals surface area (Å²) in [6.07, 6.45) is -2.85. The molecular weight excluding hydrogens is 509 g/mol. The number of piperazine rings is 1. The summed E-state index contributed by atoms with van der Waals surface area (Å²) in [4.78, 5) is 32.8. The number of carboxylic acid groups (broad SMARTS) is 1. The number of alkyl halides is 3. The van der Waals surface area contributed by atoms with E-state index in [1.807, 2.05) is 53.1 Å². The molecule has 2 saturated heterocycles. The summed E-state index contributed by atoms with van der Waals surface area (Å²) < 4.78 is 39.3. The predicted octanol–water partition coefficient (Wildman–Crippen LogP) is 4.54. The number of halogens is 3. The van der Waals surface area contributed by atoms with Crippen LogP contribution in [0.4, 0.5) is 24.5 Å². The third-order valence-electron chi connectivity index (χ3n) is 7.97. The molecule has 0 aromatic heterocycles. The number of aliphatic carboxylic acids is 1. The van der Waals surface area contributed by atoms with Gasteiger partial charge in [0.2, 0.25) is 0 Å². The average Bonchev–Trinajstić information content (AvgIpc) is 2.92. The largest absolute Gasteiger partial charge is 0.481 e. The standard InChI is InChI=1S/C29H37F3N4O3/c1-33(2)25-8-6-21(7-9-25)28(39)36-13-11-22(18-27(37)38)23(20-36)10-12-34-14-16-35(17-15-34)26-5-3-4-24(19-26)29(30,31)32/h3-9,19,22-23H,10-18,20H2,1-2H3,(H,37,38). The van der Waals surface area contributed by atoms with E-state index in [9.17, 15) is 27.9 Å². The number of hydrogen-bond acceptors (Lipinski definition) is 5. The molecule has 0 saturated carbocycles. The molecule has 2 fully saturated rings. The van der Waals surface area contributed by atoms with Crippen LogP contribution >= 0.6 is 0 Å². The van der Waals surface area contributed by atoms with Crippen LogP contribution in [0, 0.1) is 11.8 Å². The second-order valence-corrected chi connectivity index (χ2v) is 10.8. The van der Waals surface area contributed by atoms with Gasteiger partial charge in [-0.15, -0.1) is 0 Å². The molecule has 4 rings (SSSR count). The van der Waals surface area contributed by atoms with Crippen molar-refractivity contribution in [2.24, 2.45) is 11.8 Å². The number of amides is 1. The fourth-order valence-corrected chi connectivity index (χ4v) is 5.63. The number of piperidine rings is 1. The molecule has 2 atom stereocenters. The fourth-order valence-electron chi connectivity index (χ4n) is 5.63. The predicted molar refractivity (Wildman–Crippen MR) is 145 cm³/mol. The fraction of sp³-hybridized carbons (Fsp3) is 0.517. The minimum absolute atomic E-state index is 0.00839. The maximum Gasteiger partial charge on any atom is 0.416 e. The molecule has 1 N–H and O–H groups in total. The van der Waals surface area contributed by atoms with Crippen LogP contribution < -0.4 is 9.80 Å². The van der Waals surface area contributed by atoms with Crippen molar-refractivity contribution in [3.05, 3.63) is 59.7 Å². The molecule has 0 bridgehead atoms. The normalized spacial score (nSPS) is 20.6. The number of hydrogen-bond donors (Lipinski definition) is 1. The average molecular weight is 547 g/mol. The van der Waals surface area contributed by atoms with E-state index in [0.717, 1.165) is 24.7 Å². The lowest BCUT2D eigenvalue weighted by molar-refractivity contribution is -0.139. The van der Waals surface area contributed by atoms with Gasteiger partial charge in [-0.25, -0.2) is 0 Å². The lowest BCUT2D eigenvalue weighted by atomic mass is 9.81. The third-order valence-corrected chi connectivity index (χ3v) is 7.97. The van der Waals surface area contributed by atoms with Crippen LogP contribution in [-0.2, 0) is 11.0 Å². The van der Waals surface area contributed by atoms with Gasteiger partial charge in [0.15, 0.2) is 0 Å². The van der Waals surface area contributed by atoms with Gasteiger partial charge in [0.05, 0.1) is 5.56 Å². The topological polar surface area (TPSA) is 67.3 Å². The van der Waals surface area contributed by atoms with Crippen molar-refractivity contribution < 1.29 is 27.9 Å². The first-order valence-corrected chi connectivity index (χ1v) is 13.4. The van der Waals surface area contributed by atoms with Gasteiger partial charge in [-0.1, -0.05) is 6.07 Å². The number of carbonyl (C=O) groups is 2. The Morgan fingerprint density at radius 1 is 0.974 bits per heavy atom. The molecule has 0 aliphatic carbocycles. The summed E-state index contributed by atoms with van der Waals surface area (Å²) in [6, 6.07) is 12.9. The highest BCUT2D eigenvalue weighted by atomic mass is 19.4. The van der Waals surface area contributed by atoms with Gasteiger partial charge in [-0.3, -0.25) is 14.5 Å². The van der Waals surface area contributed by atoms with E-state index in [4.69, 9.17) is 0 Å². The van der Waals surface area contributed by atoms with Crippen LogP contribution in [0.25, 0.3) is 0 Å². The number of nitrogens with zero attached hydrogens (tertiary/aromatic N) is 4. The Labute approximate surface area is 227 Å². The van der Waals surface area contributed by atoms with Gasteiger partial charge in [0.25, 0.3) is 5.91 Å². The number of rotatable bonds is 8. The van der Waals surface area contributed by atoms with E-state index in [-0.39, 0.29) is 24.2 Å². The second-order valence-electron chi connectivity index (χ2n) is 10.8. The Hall–Kier alpha value is -3.27. The maximum absolute atomic E-state index is 13.2. The zero-order valence-corrected chi connectivity index (χ0v) is 22.5. The zero-order valence-electron chi connectivity index (χ0n) is 22.5. The van der Waals surface area contributed by atoms with E-state index in [1.165, 1.54) is 12.1 Å². The quantitative estimate of drug-likeness (QED) is 0.525. The van der Waals surface area contributed by atoms with Crippen LogP contribution in [0.5, 0.6) is 0 Å². The van der Waals surface area contributed by atoms with Gasteiger partial charge in [0, 0.05) is 76.7 Å². The Morgan fingerprint density at radius 3 is 2.28 bits per heavy atom. The van der Waals surface area contributed by atoms with E-state index in [0.29, 0.717) is 56.9 Å². The summed E-state index contributed by atoms with van der Waals surface area (Å²) >= 11 is 0. The number of anilines is 2. The van der Waals surface area contributed by atoms with E-state index in [1.54, 1.807) is 6.07 Å². The summed E-state index contributed by atoms with van der Waals surface area (Å²) in [5.41, 5.74) is 1.57. The van der Waals surface area contributed by atoms with Crippen molar-refractivity contribution in [2.45, 2.75) is 25.4 Å². The molecule has 212 valence electrons. The molecule has 39 heavy (non-hydrogen) atoms. The molecule has 2 aliphatic rings. The molecule has 0 spiro atoms. The first kappa shape index (κ1) is 28.7. The zero-order chi connectivity index (χ0) is 28.2. The first-order chi connectivity index (χ1) is 18.5. The molecule has 10 heteroatoms. The SMILES string of the molecule is CN(C)c1ccc(C(=O)N2CCC(CC(=O)O)C(CCN3CCN(c4cccc(C(F)(F)F)c4)CC3)C2)cc1. The minimum Gasteiger partial charge on any atom is -0.481 e. The highest BCUT2D eigenvalue weighted by Crippen LogP contribution is 2.33. The lowest BCUT2D eigenvalue weighted by Gasteiger charge is -2.40. The first-order valence-electron chi connectivity index (χ1n) is 13.4. The number of carboxylic acids is 1. The van der Waals surface area contributed by atoms with Gasteiger partial charge < -0.3 is 19.8 Å². The van der Waals surface area contributed by atoms with E-state index < -0.39 is 17.7 Å². The molecule has 1 amide bonds. The summed E-state index contributed by atoms with van der Waals surface area (Å²) in [6.45, 7) is 4.50. The Balaban J connectivity index is 1.34. The Bertz CT molecular complexity index is 1130. The summed E-state index contributed by atoms with van der Waals surface area (Å²) in [5.74, 6) is -0.775. The van der Waals surface area contributed by atoms with Gasteiger partial charge in [-0.05, 0) is 73.7 Å². The van der Waals surface area contributed by atoms with Crippen molar-refractivity contribution >= 4 is 23.3 Å². The molecule has 7 nitrogen and oxygen atoms in total. The second kappa shape index (κ2) is 12.3. The number of carbonyl (C=O) groups excluding carboxylic acids is 1. The summed E-state index contributed by atoms with van der Waals surface area (Å²) in [7, 11) is 3.89. The summed E-state index contributed by atoms with van der Waals surface area (Å²) in [5, 5.41) is 9.46. The number of benzene rings is 2. The van der Waals surface area contributed by atoms with E-state index in [2.05, 4.69) is 4.90 Å². The molecular formula is C29H37F3N4O3. The van der Waals surface area contributed by atoms with Gasteiger partial charge >= 0.3 is 12.1 Å². The van der Waals surface area contributed by atoms with Crippen LogP contribution in [0.15, 0.2) is 48.5 Å². The smallest absolute Gasteiger partial charge is 0.416 e. The Kier molecular flexibility index (Phi) is 9.04. The van der Waals surface area contributed by atoms with Gasteiger partial charge in [0.1, 0.15) is 0 Å². The van der Waals surface area contributed by atoms with Crippen LogP contribution in [0.3, 0.4) is 0 Å². The monoisotopic (exact) mass is 546 g/mol. The van der Waals surface area contributed by atoms with Crippen LogP contribution in [0.1, 0.15) is 35.2 Å². The third kappa shape index (κ3) is 7.44. The molecule has 2 unspecified atom stereocenters. The van der Waals surface area contributed by atoms with E-state index >= 15 is 0 Å². The lowest BCUT2D eigenvalue weighted by Crippen LogP contribution is -2.48. The molecule has 2 aliphatic heterocycles. The van der Waals surface area contributed by atoms with Crippen molar-refractivity contribution in [1.82, 2.24) is 9.80 Å². The van der Waals surface area contributed by atoms with Gasteiger partial charge in [-0.2, -0.15) is 13.2 Å². The van der Waals surface area contributed by atoms with Crippen LogP contribution in [0.2, 0.25) is 0 Å². The number of likely N-dealkylation sites (tertiary alicyclic amines) is 1. The minimum atomic E-state index is -4.37. The molecule has 2 aromatic rings. The molecule has 2 aromatic carbocycles. The molecule has 2 heterocycles. The van der Waals surface area contributed by atoms with Crippen molar-refractivity contribution in [3.8, 4) is 0 Å². The highest BCUT2D eigenvalue weighted by Gasteiger charge is 2.34. The van der Waals surface area contributed by atoms with Crippen molar-refractivity contribution in [2.75, 3.05) is 69.7 Å². The maximum atomic E-state index is 13.2. The Morgan fingerprint density at radius 2 is 1.67 bits per heavy atom. The van der Waals surface area contributed by atoms with Crippen molar-refractivity contribution in [1.29, 1.82) is 0 Å².